The van der Waals surface area contributed by atoms with Gasteiger partial charge in [-0.05, 0) is 48.1 Å². The first-order chi connectivity index (χ1) is 23.7. The van der Waals surface area contributed by atoms with Crippen molar-refractivity contribution in [2.24, 2.45) is 0 Å². The maximum atomic E-state index is 12.5. The Balaban J connectivity index is 1.04. The van der Waals surface area contributed by atoms with Crippen LogP contribution >= 0.6 is 0 Å². The van der Waals surface area contributed by atoms with Gasteiger partial charge in [0.25, 0.3) is 0 Å². The number of carbonyl (C=O) groups is 1. The number of nitrogens with one attached hydrogen (secondary N) is 1. The van der Waals surface area contributed by atoms with Gasteiger partial charge in [0.15, 0.2) is 0 Å². The molecule has 0 spiro atoms. The molecule has 260 valence electrons. The predicted octanol–water partition coefficient (Wildman–Crippen LogP) is 12.0. The molecule has 0 atom stereocenters. The van der Waals surface area contributed by atoms with Gasteiger partial charge in [-0.1, -0.05) is 176 Å². The van der Waals surface area contributed by atoms with Gasteiger partial charge in [-0.25, -0.2) is 4.98 Å². The Labute approximate surface area is 292 Å². The molecule has 48 heavy (non-hydrogen) atoms. The maximum absolute atomic E-state index is 12.5. The van der Waals surface area contributed by atoms with E-state index in [0.29, 0.717) is 6.42 Å². The topological polar surface area (TPSA) is 46.9 Å². The zero-order valence-corrected chi connectivity index (χ0v) is 30.1. The van der Waals surface area contributed by atoms with Crippen molar-refractivity contribution in [3.05, 3.63) is 90.3 Å². The highest BCUT2D eigenvalue weighted by molar-refractivity contribution is 5.79. The molecule has 1 N–H and O–H groups in total. The average molecular weight is 650 g/mol. The van der Waals surface area contributed by atoms with Crippen LogP contribution in [-0.4, -0.2) is 22.0 Å². The van der Waals surface area contributed by atoms with E-state index in [1.165, 1.54) is 125 Å². The lowest BCUT2D eigenvalue weighted by atomic mass is 10.0. The Kier molecular flexibility index (Phi) is 18.0. The van der Waals surface area contributed by atoms with Crippen molar-refractivity contribution < 1.29 is 4.79 Å². The Morgan fingerprint density at radius 1 is 0.583 bits per heavy atom. The van der Waals surface area contributed by atoms with Gasteiger partial charge in [0, 0.05) is 19.5 Å². The lowest BCUT2D eigenvalue weighted by Crippen LogP contribution is -2.26. The molecule has 1 aromatic heterocycles. The van der Waals surface area contributed by atoms with E-state index in [9.17, 15) is 4.79 Å². The SMILES string of the molecule is CCCCCCCCCCCCCCCCCCn1c(CCCCCNC(=O)Cc2ccc(-c3ccccc3)cc2)nc2ccccc21. The van der Waals surface area contributed by atoms with Crippen molar-refractivity contribution in [2.75, 3.05) is 6.54 Å². The summed E-state index contributed by atoms with van der Waals surface area (Å²) in [5.74, 6) is 1.32. The number of fused-ring (bicyclic) bond motifs is 1. The van der Waals surface area contributed by atoms with Crippen LogP contribution in [0.2, 0.25) is 0 Å². The second kappa shape index (κ2) is 23.0. The number of hydrogen-bond donors (Lipinski definition) is 1. The normalized spacial score (nSPS) is 11.4. The number of nitrogens with zero attached hydrogens (tertiary/aromatic N) is 2. The fraction of sp³-hybridized carbons (Fsp3) is 0.545. The summed E-state index contributed by atoms with van der Waals surface area (Å²) >= 11 is 0. The first kappa shape index (κ1) is 37.4. The van der Waals surface area contributed by atoms with E-state index < -0.39 is 0 Å². The molecule has 0 aliphatic carbocycles. The Morgan fingerprint density at radius 3 is 1.77 bits per heavy atom. The van der Waals surface area contributed by atoms with Gasteiger partial charge in [0.2, 0.25) is 5.91 Å². The smallest absolute Gasteiger partial charge is 0.224 e. The minimum atomic E-state index is 0.100. The number of aromatic nitrogens is 2. The summed E-state index contributed by atoms with van der Waals surface area (Å²) in [7, 11) is 0. The van der Waals surface area contributed by atoms with Crippen molar-refractivity contribution in [1.82, 2.24) is 14.9 Å². The summed E-state index contributed by atoms with van der Waals surface area (Å²) in [6.45, 7) is 4.09. The molecule has 1 heterocycles. The molecule has 0 aliphatic heterocycles. The second-order valence-electron chi connectivity index (χ2n) is 13.9. The van der Waals surface area contributed by atoms with Crippen LogP contribution in [0.15, 0.2) is 78.9 Å². The van der Waals surface area contributed by atoms with E-state index in [0.717, 1.165) is 49.9 Å². The van der Waals surface area contributed by atoms with Gasteiger partial charge >= 0.3 is 0 Å². The van der Waals surface area contributed by atoms with Crippen molar-refractivity contribution in [3.8, 4) is 11.1 Å². The molecule has 0 radical (unpaired) electrons. The number of unbranched alkanes of at least 4 members (excludes halogenated alkanes) is 17. The summed E-state index contributed by atoms with van der Waals surface area (Å²) in [6.07, 6.45) is 27.0. The highest BCUT2D eigenvalue weighted by Gasteiger charge is 2.10. The van der Waals surface area contributed by atoms with E-state index >= 15 is 0 Å². The van der Waals surface area contributed by atoms with Crippen LogP contribution in [-0.2, 0) is 24.2 Å². The molecule has 0 saturated carbocycles. The number of amides is 1. The number of imidazole rings is 1. The highest BCUT2D eigenvalue weighted by atomic mass is 16.1. The summed E-state index contributed by atoms with van der Waals surface area (Å²) in [5.41, 5.74) is 5.82. The molecule has 0 bridgehead atoms. The number of carbonyl (C=O) groups excluding carboxylic acids is 1. The van der Waals surface area contributed by atoms with Gasteiger partial charge in [-0.3, -0.25) is 4.79 Å². The van der Waals surface area contributed by atoms with Crippen molar-refractivity contribution in [2.45, 2.75) is 148 Å². The molecule has 0 aliphatic rings. The standard InChI is InChI=1S/C44H63N3O/c1-2-3-4-5-6-7-8-9-10-11-12-13-14-15-16-25-36-47-42-29-23-22-28-41(42)46-43(47)30-21-18-24-35-45-44(48)37-38-31-33-40(34-32-38)39-26-19-17-20-27-39/h17,19-20,22-23,26-29,31-34H,2-16,18,21,24-25,30,35-37H2,1H3,(H,45,48). The molecule has 4 nitrogen and oxygen atoms in total. The average Bonchev–Trinajstić information content (AvgIpc) is 3.47. The fourth-order valence-corrected chi connectivity index (χ4v) is 6.89. The lowest BCUT2D eigenvalue weighted by Gasteiger charge is -2.10. The van der Waals surface area contributed by atoms with Gasteiger partial charge in [0.1, 0.15) is 5.82 Å². The molecule has 4 aromatic rings. The van der Waals surface area contributed by atoms with Crippen LogP contribution in [0.1, 0.15) is 140 Å². The summed E-state index contributed by atoms with van der Waals surface area (Å²) in [5, 5.41) is 3.12. The van der Waals surface area contributed by atoms with Crippen LogP contribution in [0.3, 0.4) is 0 Å². The molecule has 1 amide bonds. The first-order valence-electron chi connectivity index (χ1n) is 19.6. The zero-order valence-electron chi connectivity index (χ0n) is 30.1. The highest BCUT2D eigenvalue weighted by Crippen LogP contribution is 2.21. The quantitative estimate of drug-likeness (QED) is 0.0688. The fourth-order valence-electron chi connectivity index (χ4n) is 6.89. The number of aryl methyl sites for hydroxylation is 2. The summed E-state index contributed by atoms with van der Waals surface area (Å²) in [4.78, 5) is 17.5. The lowest BCUT2D eigenvalue weighted by molar-refractivity contribution is -0.120. The van der Waals surface area contributed by atoms with E-state index in [2.05, 4.69) is 89.6 Å². The number of rotatable bonds is 26. The Morgan fingerprint density at radius 2 is 1.12 bits per heavy atom. The molecule has 0 unspecified atom stereocenters. The molecular weight excluding hydrogens is 587 g/mol. The third-order valence-corrected chi connectivity index (χ3v) is 9.79. The van der Waals surface area contributed by atoms with Crippen LogP contribution in [0.25, 0.3) is 22.2 Å². The van der Waals surface area contributed by atoms with Gasteiger partial charge < -0.3 is 9.88 Å². The van der Waals surface area contributed by atoms with Crippen LogP contribution in [0, 0.1) is 0 Å². The van der Waals surface area contributed by atoms with Crippen LogP contribution in [0.5, 0.6) is 0 Å². The van der Waals surface area contributed by atoms with Crippen molar-refractivity contribution in [1.29, 1.82) is 0 Å². The first-order valence-corrected chi connectivity index (χ1v) is 19.6. The monoisotopic (exact) mass is 649 g/mol. The minimum Gasteiger partial charge on any atom is -0.356 e. The van der Waals surface area contributed by atoms with E-state index in [1.54, 1.807) is 0 Å². The zero-order chi connectivity index (χ0) is 33.5. The number of benzene rings is 3. The van der Waals surface area contributed by atoms with Crippen LogP contribution < -0.4 is 5.32 Å². The van der Waals surface area contributed by atoms with Gasteiger partial charge in [-0.2, -0.15) is 0 Å². The Hall–Kier alpha value is -3.40. The molecule has 4 heteroatoms. The summed E-state index contributed by atoms with van der Waals surface area (Å²) in [6, 6.07) is 27.3. The van der Waals surface area contributed by atoms with Gasteiger partial charge in [-0.15, -0.1) is 0 Å². The second-order valence-corrected chi connectivity index (χ2v) is 13.9. The number of para-hydroxylation sites is 2. The van der Waals surface area contributed by atoms with Crippen molar-refractivity contribution >= 4 is 16.9 Å². The predicted molar refractivity (Wildman–Crippen MR) is 205 cm³/mol. The van der Waals surface area contributed by atoms with Crippen LogP contribution in [0.4, 0.5) is 0 Å². The van der Waals surface area contributed by atoms with E-state index in [-0.39, 0.29) is 5.91 Å². The van der Waals surface area contributed by atoms with Gasteiger partial charge in [0.05, 0.1) is 17.5 Å². The number of hydrogen-bond acceptors (Lipinski definition) is 2. The molecular formula is C44H63N3O. The van der Waals surface area contributed by atoms with Crippen molar-refractivity contribution in [3.63, 3.8) is 0 Å². The largest absolute Gasteiger partial charge is 0.356 e. The molecule has 4 rings (SSSR count). The third kappa shape index (κ3) is 14.0. The molecule has 0 saturated heterocycles. The summed E-state index contributed by atoms with van der Waals surface area (Å²) < 4.78 is 2.48. The Bertz CT molecular complexity index is 1410. The maximum Gasteiger partial charge on any atom is 0.224 e. The van der Waals surface area contributed by atoms with E-state index in [1.807, 2.05) is 6.07 Å². The minimum absolute atomic E-state index is 0.100. The molecule has 3 aromatic carbocycles. The molecule has 0 fully saturated rings. The third-order valence-electron chi connectivity index (χ3n) is 9.79. The van der Waals surface area contributed by atoms with E-state index in [4.69, 9.17) is 4.98 Å².